The molecule has 0 amide bonds. The van der Waals surface area contributed by atoms with Crippen molar-refractivity contribution in [1.29, 1.82) is 0 Å². The van der Waals surface area contributed by atoms with Gasteiger partial charge in [0.15, 0.2) is 0 Å². The first kappa shape index (κ1) is 14.1. The zero-order chi connectivity index (χ0) is 15.4. The van der Waals surface area contributed by atoms with Gasteiger partial charge in [-0.25, -0.2) is 9.78 Å². The molecule has 112 valence electrons. The molecule has 3 rings (SSSR count). The maximum absolute atomic E-state index is 11.6. The molecular formula is C16H20N2O3. The molecule has 0 aliphatic heterocycles. The van der Waals surface area contributed by atoms with Crippen LogP contribution in [0.1, 0.15) is 49.8 Å². The molecule has 1 aromatic carbocycles. The van der Waals surface area contributed by atoms with Crippen molar-refractivity contribution < 1.29 is 15.0 Å². The zero-order valence-corrected chi connectivity index (χ0v) is 12.6. The van der Waals surface area contributed by atoms with Gasteiger partial charge in [-0.05, 0) is 25.0 Å². The number of fused-ring (bicyclic) bond motifs is 1. The van der Waals surface area contributed by atoms with E-state index in [-0.39, 0.29) is 23.1 Å². The molecule has 1 saturated carbocycles. The molecule has 0 bridgehead atoms. The molecule has 21 heavy (non-hydrogen) atoms. The number of para-hydroxylation sites is 1. The van der Waals surface area contributed by atoms with Crippen molar-refractivity contribution in [2.45, 2.75) is 44.6 Å². The molecule has 0 atom stereocenters. The van der Waals surface area contributed by atoms with Crippen LogP contribution in [0.3, 0.4) is 0 Å². The summed E-state index contributed by atoms with van der Waals surface area (Å²) in [4.78, 5) is 16.2. The third-order valence-corrected chi connectivity index (χ3v) is 4.17. The Morgan fingerprint density at radius 2 is 2.05 bits per heavy atom. The van der Waals surface area contributed by atoms with E-state index in [4.69, 9.17) is 0 Å². The van der Waals surface area contributed by atoms with Gasteiger partial charge in [0, 0.05) is 5.41 Å². The summed E-state index contributed by atoms with van der Waals surface area (Å²) in [6, 6.07) is 5.15. The summed E-state index contributed by atoms with van der Waals surface area (Å²) in [5.74, 6) is -0.131. The number of carboxylic acid groups (broad SMARTS) is 1. The number of carbonyl (C=O) groups is 1. The molecule has 0 saturated heterocycles. The third kappa shape index (κ3) is 2.03. The predicted molar refractivity (Wildman–Crippen MR) is 79.7 cm³/mol. The minimum Gasteiger partial charge on any atom is -0.478 e. The average molecular weight is 288 g/mol. The van der Waals surface area contributed by atoms with E-state index in [0.717, 1.165) is 18.7 Å². The number of rotatable bonds is 3. The molecular weight excluding hydrogens is 268 g/mol. The molecule has 1 fully saturated rings. The van der Waals surface area contributed by atoms with Crippen LogP contribution in [0.5, 0.6) is 0 Å². The highest BCUT2D eigenvalue weighted by Gasteiger charge is 2.48. The molecule has 0 spiro atoms. The lowest BCUT2D eigenvalue weighted by atomic mass is 9.95. The first-order valence-corrected chi connectivity index (χ1v) is 7.17. The second-order valence-corrected chi connectivity index (χ2v) is 6.88. The Morgan fingerprint density at radius 3 is 2.52 bits per heavy atom. The van der Waals surface area contributed by atoms with E-state index in [1.165, 1.54) is 0 Å². The van der Waals surface area contributed by atoms with Gasteiger partial charge >= 0.3 is 5.97 Å². The van der Waals surface area contributed by atoms with Crippen LogP contribution in [0.4, 0.5) is 0 Å². The summed E-state index contributed by atoms with van der Waals surface area (Å²) < 4.78 is 1.98. The highest BCUT2D eigenvalue weighted by atomic mass is 16.4. The zero-order valence-electron chi connectivity index (χ0n) is 12.6. The quantitative estimate of drug-likeness (QED) is 0.910. The number of nitrogens with zero attached hydrogens (tertiary/aromatic N) is 2. The number of aromatic carboxylic acids is 1. The molecule has 2 N–H and O–H groups in total. The van der Waals surface area contributed by atoms with Crippen molar-refractivity contribution in [2.24, 2.45) is 0 Å². The first-order valence-electron chi connectivity index (χ1n) is 7.17. The van der Waals surface area contributed by atoms with E-state index in [0.29, 0.717) is 11.0 Å². The monoisotopic (exact) mass is 288 g/mol. The number of carboxylic acids is 1. The summed E-state index contributed by atoms with van der Waals surface area (Å²) in [5.41, 5.74) is 0.943. The summed E-state index contributed by atoms with van der Waals surface area (Å²) in [5, 5.41) is 19.3. The number of aliphatic hydroxyl groups is 1. The fraction of sp³-hybridized carbons (Fsp3) is 0.500. The fourth-order valence-corrected chi connectivity index (χ4v) is 2.86. The highest BCUT2D eigenvalue weighted by molar-refractivity contribution is 6.01. The largest absolute Gasteiger partial charge is 0.478 e. The van der Waals surface area contributed by atoms with Crippen LogP contribution in [0.25, 0.3) is 11.0 Å². The van der Waals surface area contributed by atoms with Crippen LogP contribution in [0.2, 0.25) is 0 Å². The standard InChI is InChI=1S/C16H20N2O3/c1-15(2,3)14-17-11-6-4-5-10(13(20)21)12(11)18(14)16(9-19)7-8-16/h4-6,19H,7-9H2,1-3H3,(H,20,21). The van der Waals surface area contributed by atoms with Crippen molar-refractivity contribution >= 4 is 17.0 Å². The van der Waals surface area contributed by atoms with E-state index >= 15 is 0 Å². The van der Waals surface area contributed by atoms with Gasteiger partial charge in [0.25, 0.3) is 0 Å². The van der Waals surface area contributed by atoms with E-state index in [9.17, 15) is 15.0 Å². The predicted octanol–water partition coefficient (Wildman–Crippen LogP) is 2.51. The van der Waals surface area contributed by atoms with Crippen molar-refractivity contribution in [3.63, 3.8) is 0 Å². The summed E-state index contributed by atoms with van der Waals surface area (Å²) >= 11 is 0. The molecule has 5 heteroatoms. The number of hydrogen-bond donors (Lipinski definition) is 2. The molecule has 1 aliphatic rings. The Balaban J connectivity index is 2.42. The average Bonchev–Trinajstić information content (AvgIpc) is 3.09. The first-order chi connectivity index (χ1) is 9.80. The molecule has 1 aromatic heterocycles. The van der Waals surface area contributed by atoms with Crippen LogP contribution in [0.15, 0.2) is 18.2 Å². The molecule has 1 heterocycles. The lowest BCUT2D eigenvalue weighted by molar-refractivity contribution is 0.0698. The van der Waals surface area contributed by atoms with Gasteiger partial charge in [-0.1, -0.05) is 26.8 Å². The Bertz CT molecular complexity index is 721. The molecule has 0 unspecified atom stereocenters. The minimum atomic E-state index is -0.962. The van der Waals surface area contributed by atoms with Gasteiger partial charge in [0.2, 0.25) is 0 Å². The highest BCUT2D eigenvalue weighted by Crippen LogP contribution is 2.47. The normalized spacial score (nSPS) is 17.1. The van der Waals surface area contributed by atoms with E-state index in [1.807, 2.05) is 10.6 Å². The number of aromatic nitrogens is 2. The van der Waals surface area contributed by atoms with E-state index in [2.05, 4.69) is 25.8 Å². The Morgan fingerprint density at radius 1 is 1.38 bits per heavy atom. The smallest absolute Gasteiger partial charge is 0.337 e. The summed E-state index contributed by atoms with van der Waals surface area (Å²) in [6.07, 6.45) is 1.71. The minimum absolute atomic E-state index is 0.00942. The van der Waals surface area contributed by atoms with Crippen molar-refractivity contribution in [2.75, 3.05) is 6.61 Å². The Hall–Kier alpha value is -1.88. The van der Waals surface area contributed by atoms with Gasteiger partial charge in [-0.3, -0.25) is 0 Å². The van der Waals surface area contributed by atoms with Gasteiger partial charge in [-0.15, -0.1) is 0 Å². The lowest BCUT2D eigenvalue weighted by Gasteiger charge is -2.25. The van der Waals surface area contributed by atoms with Crippen LogP contribution in [-0.2, 0) is 11.0 Å². The van der Waals surface area contributed by atoms with Crippen molar-refractivity contribution in [3.05, 3.63) is 29.6 Å². The number of hydrogen-bond acceptors (Lipinski definition) is 3. The fourth-order valence-electron chi connectivity index (χ4n) is 2.86. The second-order valence-electron chi connectivity index (χ2n) is 6.88. The van der Waals surface area contributed by atoms with Gasteiger partial charge in [0.05, 0.1) is 28.7 Å². The second kappa shape index (κ2) is 4.31. The molecule has 0 radical (unpaired) electrons. The van der Waals surface area contributed by atoms with Crippen LogP contribution >= 0.6 is 0 Å². The number of aliphatic hydroxyl groups excluding tert-OH is 1. The summed E-state index contributed by atoms with van der Waals surface area (Å²) in [7, 11) is 0. The van der Waals surface area contributed by atoms with Crippen molar-refractivity contribution in [3.8, 4) is 0 Å². The SMILES string of the molecule is CC(C)(C)c1nc2cccc(C(=O)O)c2n1C1(CO)CC1. The van der Waals surface area contributed by atoms with E-state index in [1.54, 1.807) is 12.1 Å². The lowest BCUT2D eigenvalue weighted by Crippen LogP contribution is -2.29. The van der Waals surface area contributed by atoms with Gasteiger partial charge in [0.1, 0.15) is 5.82 Å². The Labute approximate surface area is 123 Å². The number of imidazole rings is 1. The maximum atomic E-state index is 11.6. The van der Waals surface area contributed by atoms with Gasteiger partial charge in [-0.2, -0.15) is 0 Å². The van der Waals surface area contributed by atoms with Gasteiger partial charge < -0.3 is 14.8 Å². The number of benzene rings is 1. The van der Waals surface area contributed by atoms with Crippen LogP contribution in [0, 0.1) is 0 Å². The maximum Gasteiger partial charge on any atom is 0.337 e. The van der Waals surface area contributed by atoms with E-state index < -0.39 is 5.97 Å². The van der Waals surface area contributed by atoms with Crippen LogP contribution in [-0.4, -0.2) is 32.3 Å². The summed E-state index contributed by atoms with van der Waals surface area (Å²) in [6.45, 7) is 6.17. The van der Waals surface area contributed by atoms with Crippen LogP contribution < -0.4 is 0 Å². The van der Waals surface area contributed by atoms with Crippen molar-refractivity contribution in [1.82, 2.24) is 9.55 Å². The molecule has 5 nitrogen and oxygen atoms in total. The molecule has 2 aromatic rings. The topological polar surface area (TPSA) is 75.3 Å². The Kier molecular flexibility index (Phi) is 2.89. The third-order valence-electron chi connectivity index (χ3n) is 4.17. The molecule has 1 aliphatic carbocycles.